The fourth-order valence-corrected chi connectivity index (χ4v) is 2.82. The molecule has 0 aromatic heterocycles. The number of nitrogens with zero attached hydrogens (tertiary/aromatic N) is 1. The molecule has 150 valence electrons. The molecule has 28 heavy (non-hydrogen) atoms. The molecule has 0 bridgehead atoms. The number of amides is 2. The largest absolute Gasteiger partial charge is 0.483 e. The summed E-state index contributed by atoms with van der Waals surface area (Å²) in [5, 5.41) is 2.70. The zero-order valence-electron chi connectivity index (χ0n) is 16.8. The molecule has 0 saturated heterocycles. The van der Waals surface area contributed by atoms with Crippen molar-refractivity contribution in [2.45, 2.75) is 40.3 Å². The third-order valence-electron chi connectivity index (χ3n) is 4.72. The van der Waals surface area contributed by atoms with Crippen LogP contribution in [0.15, 0.2) is 42.5 Å². The van der Waals surface area contributed by atoms with Crippen LogP contribution in [0.1, 0.15) is 30.5 Å². The highest BCUT2D eigenvalue weighted by atomic mass is 19.1. The van der Waals surface area contributed by atoms with Crippen LogP contribution in [0.2, 0.25) is 0 Å². The van der Waals surface area contributed by atoms with Gasteiger partial charge in [0.05, 0.1) is 0 Å². The normalized spacial score (nSPS) is 11.6. The second kappa shape index (κ2) is 9.88. The first-order chi connectivity index (χ1) is 13.3. The molecule has 2 aromatic carbocycles. The van der Waals surface area contributed by atoms with E-state index in [1.54, 1.807) is 38.1 Å². The van der Waals surface area contributed by atoms with Gasteiger partial charge in [-0.3, -0.25) is 9.59 Å². The summed E-state index contributed by atoms with van der Waals surface area (Å²) in [6.07, 6.45) is 0. The average Bonchev–Trinajstić information content (AvgIpc) is 2.68. The minimum absolute atomic E-state index is 0.0139. The summed E-state index contributed by atoms with van der Waals surface area (Å²) in [6.45, 7) is 7.51. The van der Waals surface area contributed by atoms with Crippen LogP contribution in [0.25, 0.3) is 0 Å². The predicted molar refractivity (Wildman–Crippen MR) is 107 cm³/mol. The maximum Gasteiger partial charge on any atom is 0.261 e. The Morgan fingerprint density at radius 2 is 1.86 bits per heavy atom. The third-order valence-corrected chi connectivity index (χ3v) is 4.72. The molecule has 6 heteroatoms. The highest BCUT2D eigenvalue weighted by Crippen LogP contribution is 2.21. The van der Waals surface area contributed by atoms with Crippen molar-refractivity contribution < 1.29 is 18.7 Å². The average molecular weight is 386 g/mol. The van der Waals surface area contributed by atoms with Gasteiger partial charge >= 0.3 is 0 Å². The quantitative estimate of drug-likeness (QED) is 0.757. The third kappa shape index (κ3) is 5.31. The zero-order valence-corrected chi connectivity index (χ0v) is 16.8. The lowest BCUT2D eigenvalue weighted by molar-refractivity contribution is -0.142. The van der Waals surface area contributed by atoms with Gasteiger partial charge in [-0.1, -0.05) is 30.3 Å². The first-order valence-electron chi connectivity index (χ1n) is 9.34. The number of hydrogen-bond donors (Lipinski definition) is 1. The summed E-state index contributed by atoms with van der Waals surface area (Å²) in [5.41, 5.74) is 2.36. The summed E-state index contributed by atoms with van der Waals surface area (Å²) in [6, 6.07) is 11.1. The molecule has 0 aliphatic heterocycles. The van der Waals surface area contributed by atoms with E-state index < -0.39 is 11.9 Å². The molecule has 5 nitrogen and oxygen atoms in total. The van der Waals surface area contributed by atoms with Gasteiger partial charge in [0.2, 0.25) is 5.91 Å². The van der Waals surface area contributed by atoms with Crippen LogP contribution in [-0.2, 0) is 16.1 Å². The van der Waals surface area contributed by atoms with Crippen molar-refractivity contribution in [3.05, 3.63) is 65.0 Å². The van der Waals surface area contributed by atoms with Crippen molar-refractivity contribution in [3.8, 4) is 5.75 Å². The van der Waals surface area contributed by atoms with Gasteiger partial charge in [-0.15, -0.1) is 0 Å². The number of hydrogen-bond acceptors (Lipinski definition) is 3. The van der Waals surface area contributed by atoms with E-state index in [0.29, 0.717) is 17.9 Å². The van der Waals surface area contributed by atoms with E-state index in [-0.39, 0.29) is 25.0 Å². The SMILES string of the molecule is CCNC(=O)[C@H](C)N(Cc1ccccc1F)C(=O)COc1cccc(C)c1C. The van der Waals surface area contributed by atoms with Gasteiger partial charge in [-0.25, -0.2) is 4.39 Å². The predicted octanol–water partition coefficient (Wildman–Crippen LogP) is 3.37. The molecule has 0 spiro atoms. The van der Waals surface area contributed by atoms with E-state index >= 15 is 0 Å². The number of carbonyl (C=O) groups excluding carboxylic acids is 2. The fraction of sp³-hybridized carbons (Fsp3) is 0.364. The van der Waals surface area contributed by atoms with Crippen LogP contribution >= 0.6 is 0 Å². The van der Waals surface area contributed by atoms with E-state index in [0.717, 1.165) is 11.1 Å². The van der Waals surface area contributed by atoms with Gasteiger partial charge in [0.15, 0.2) is 6.61 Å². The van der Waals surface area contributed by atoms with E-state index in [1.165, 1.54) is 11.0 Å². The van der Waals surface area contributed by atoms with Gasteiger partial charge in [-0.2, -0.15) is 0 Å². The van der Waals surface area contributed by atoms with E-state index in [4.69, 9.17) is 4.74 Å². The van der Waals surface area contributed by atoms with Gasteiger partial charge in [0, 0.05) is 18.7 Å². The number of rotatable bonds is 8. The maximum atomic E-state index is 14.1. The molecule has 2 aromatic rings. The lowest BCUT2D eigenvalue weighted by Crippen LogP contribution is -2.49. The second-order valence-corrected chi connectivity index (χ2v) is 6.67. The monoisotopic (exact) mass is 386 g/mol. The first kappa shape index (κ1) is 21.4. The Hall–Kier alpha value is -2.89. The molecule has 2 amide bonds. The minimum Gasteiger partial charge on any atom is -0.483 e. The molecule has 0 heterocycles. The Labute approximate surface area is 165 Å². The summed E-state index contributed by atoms with van der Waals surface area (Å²) in [4.78, 5) is 26.5. The van der Waals surface area contributed by atoms with Gasteiger partial charge < -0.3 is 15.0 Å². The van der Waals surface area contributed by atoms with Crippen molar-refractivity contribution in [3.63, 3.8) is 0 Å². The molecular weight excluding hydrogens is 359 g/mol. The topological polar surface area (TPSA) is 58.6 Å². The number of likely N-dealkylation sites (N-methyl/N-ethyl adjacent to an activating group) is 1. The number of ether oxygens (including phenoxy) is 1. The lowest BCUT2D eigenvalue weighted by Gasteiger charge is -2.29. The molecule has 0 aliphatic rings. The second-order valence-electron chi connectivity index (χ2n) is 6.67. The summed E-state index contributed by atoms with van der Waals surface area (Å²) >= 11 is 0. The molecular formula is C22H27FN2O3. The van der Waals surface area contributed by atoms with Crippen molar-refractivity contribution >= 4 is 11.8 Å². The van der Waals surface area contributed by atoms with Crippen molar-refractivity contribution in [1.82, 2.24) is 10.2 Å². The Morgan fingerprint density at radius 1 is 1.14 bits per heavy atom. The highest BCUT2D eigenvalue weighted by Gasteiger charge is 2.27. The number of halogens is 1. The lowest BCUT2D eigenvalue weighted by atomic mass is 10.1. The van der Waals surface area contributed by atoms with Crippen molar-refractivity contribution in [2.24, 2.45) is 0 Å². The van der Waals surface area contributed by atoms with E-state index in [9.17, 15) is 14.0 Å². The number of carbonyl (C=O) groups is 2. The van der Waals surface area contributed by atoms with Crippen LogP contribution in [0.5, 0.6) is 5.75 Å². The molecule has 1 N–H and O–H groups in total. The zero-order chi connectivity index (χ0) is 20.7. The molecule has 0 saturated carbocycles. The van der Waals surface area contributed by atoms with Crippen LogP contribution in [0, 0.1) is 19.7 Å². The van der Waals surface area contributed by atoms with Crippen LogP contribution in [0.4, 0.5) is 4.39 Å². The number of benzene rings is 2. The minimum atomic E-state index is -0.755. The summed E-state index contributed by atoms with van der Waals surface area (Å²) < 4.78 is 19.8. The van der Waals surface area contributed by atoms with Crippen molar-refractivity contribution in [2.75, 3.05) is 13.2 Å². The molecule has 0 unspecified atom stereocenters. The number of aryl methyl sites for hydroxylation is 1. The maximum absolute atomic E-state index is 14.1. The van der Waals surface area contributed by atoms with E-state index in [2.05, 4.69) is 5.32 Å². The molecule has 0 fully saturated rings. The van der Waals surface area contributed by atoms with Crippen LogP contribution < -0.4 is 10.1 Å². The molecule has 2 rings (SSSR count). The highest BCUT2D eigenvalue weighted by molar-refractivity contribution is 5.87. The Balaban J connectivity index is 2.19. The van der Waals surface area contributed by atoms with Crippen molar-refractivity contribution in [1.29, 1.82) is 0 Å². The fourth-order valence-electron chi connectivity index (χ4n) is 2.82. The molecule has 1 atom stereocenters. The molecule has 0 aliphatic carbocycles. The first-order valence-corrected chi connectivity index (χ1v) is 9.34. The Bertz CT molecular complexity index is 838. The van der Waals surface area contributed by atoms with Gasteiger partial charge in [0.25, 0.3) is 5.91 Å². The van der Waals surface area contributed by atoms with Crippen LogP contribution in [0.3, 0.4) is 0 Å². The molecule has 0 radical (unpaired) electrons. The summed E-state index contributed by atoms with van der Waals surface area (Å²) in [5.74, 6) is -0.481. The van der Waals surface area contributed by atoms with Gasteiger partial charge in [0.1, 0.15) is 17.6 Å². The van der Waals surface area contributed by atoms with Crippen LogP contribution in [-0.4, -0.2) is 35.9 Å². The summed E-state index contributed by atoms with van der Waals surface area (Å²) in [7, 11) is 0. The standard InChI is InChI=1S/C22H27FN2O3/c1-5-24-22(27)17(4)25(13-18-10-6-7-11-19(18)23)21(26)14-28-20-12-8-9-15(2)16(20)3/h6-12,17H,5,13-14H2,1-4H3,(H,24,27)/t17-/m0/s1. The van der Waals surface area contributed by atoms with Gasteiger partial charge in [-0.05, 0) is 51.0 Å². The Kier molecular flexibility index (Phi) is 7.55. The van der Waals surface area contributed by atoms with E-state index in [1.807, 2.05) is 26.0 Å². The smallest absolute Gasteiger partial charge is 0.261 e. The Morgan fingerprint density at radius 3 is 2.54 bits per heavy atom. The number of nitrogens with one attached hydrogen (secondary N) is 1.